The molecule has 1 aromatic rings. The van der Waals surface area contributed by atoms with Crippen LogP contribution in [-0.2, 0) is 0 Å². The van der Waals surface area contributed by atoms with E-state index in [4.69, 9.17) is 5.73 Å². The smallest absolute Gasteiger partial charge is 0.0316 e. The highest BCUT2D eigenvalue weighted by Gasteiger charge is 2.50. The first-order chi connectivity index (χ1) is 6.80. The maximum atomic E-state index is 5.82. The monoisotopic (exact) mass is 187 g/mol. The minimum Gasteiger partial charge on any atom is -0.399 e. The molecule has 0 heterocycles. The first-order valence-corrected chi connectivity index (χ1v) is 5.66. The standard InChI is InChI=1S/C13H17N/c14-11-4-1-3-10(9-11)12-5-8-13(12)6-2-7-13/h1,3-4,9,12H,2,5-8,14H2. The lowest BCUT2D eigenvalue weighted by atomic mass is 9.48. The van der Waals surface area contributed by atoms with Crippen LogP contribution in [0.4, 0.5) is 5.69 Å². The largest absolute Gasteiger partial charge is 0.399 e. The second kappa shape index (κ2) is 2.75. The van der Waals surface area contributed by atoms with Crippen LogP contribution < -0.4 is 5.73 Å². The zero-order chi connectivity index (χ0) is 9.60. The van der Waals surface area contributed by atoms with Crippen molar-refractivity contribution in [3.8, 4) is 0 Å². The topological polar surface area (TPSA) is 26.0 Å². The molecule has 1 aromatic carbocycles. The van der Waals surface area contributed by atoms with Crippen LogP contribution in [0, 0.1) is 5.41 Å². The molecule has 1 atom stereocenters. The lowest BCUT2D eigenvalue weighted by molar-refractivity contribution is -0.00194. The Labute approximate surface area is 85.3 Å². The summed E-state index contributed by atoms with van der Waals surface area (Å²) in [4.78, 5) is 0. The van der Waals surface area contributed by atoms with E-state index < -0.39 is 0 Å². The van der Waals surface area contributed by atoms with E-state index >= 15 is 0 Å². The minimum absolute atomic E-state index is 0.702. The molecule has 1 nitrogen and oxygen atoms in total. The van der Waals surface area contributed by atoms with Crippen molar-refractivity contribution in [1.82, 2.24) is 0 Å². The van der Waals surface area contributed by atoms with E-state index in [2.05, 4.69) is 18.2 Å². The molecule has 0 aliphatic heterocycles. The Hall–Kier alpha value is -0.980. The van der Waals surface area contributed by atoms with Crippen molar-refractivity contribution in [2.45, 2.75) is 38.0 Å². The third-order valence-electron chi connectivity index (χ3n) is 4.33. The van der Waals surface area contributed by atoms with Gasteiger partial charge in [0.1, 0.15) is 0 Å². The average molecular weight is 187 g/mol. The molecule has 74 valence electrons. The van der Waals surface area contributed by atoms with E-state index in [1.165, 1.54) is 37.7 Å². The van der Waals surface area contributed by atoms with Crippen LogP contribution in [-0.4, -0.2) is 0 Å². The third-order valence-corrected chi connectivity index (χ3v) is 4.33. The van der Waals surface area contributed by atoms with E-state index in [-0.39, 0.29) is 0 Å². The van der Waals surface area contributed by atoms with Gasteiger partial charge in [-0.1, -0.05) is 18.6 Å². The molecular weight excluding hydrogens is 170 g/mol. The van der Waals surface area contributed by atoms with Gasteiger partial charge in [0, 0.05) is 5.69 Å². The molecule has 2 aliphatic rings. The zero-order valence-electron chi connectivity index (χ0n) is 8.50. The van der Waals surface area contributed by atoms with Crippen molar-refractivity contribution >= 4 is 5.69 Å². The molecule has 3 rings (SSSR count). The molecule has 1 spiro atoms. The normalized spacial score (nSPS) is 28.1. The van der Waals surface area contributed by atoms with Gasteiger partial charge >= 0.3 is 0 Å². The first kappa shape index (κ1) is 8.34. The van der Waals surface area contributed by atoms with Crippen molar-refractivity contribution in [2.24, 2.45) is 5.41 Å². The van der Waals surface area contributed by atoms with E-state index in [0.29, 0.717) is 5.41 Å². The summed E-state index contributed by atoms with van der Waals surface area (Å²) < 4.78 is 0. The fraction of sp³-hybridized carbons (Fsp3) is 0.538. The second-order valence-corrected chi connectivity index (χ2v) is 4.98. The van der Waals surface area contributed by atoms with Gasteiger partial charge in [-0.25, -0.2) is 0 Å². The number of anilines is 1. The Morgan fingerprint density at radius 2 is 2.07 bits per heavy atom. The van der Waals surface area contributed by atoms with E-state index in [1.807, 2.05) is 6.07 Å². The second-order valence-electron chi connectivity index (χ2n) is 4.98. The van der Waals surface area contributed by atoms with Crippen LogP contribution >= 0.6 is 0 Å². The molecule has 2 N–H and O–H groups in total. The van der Waals surface area contributed by atoms with Gasteiger partial charge in [0.2, 0.25) is 0 Å². The van der Waals surface area contributed by atoms with Gasteiger partial charge in [0.05, 0.1) is 0 Å². The molecule has 2 fully saturated rings. The molecule has 0 radical (unpaired) electrons. The number of hydrogen-bond acceptors (Lipinski definition) is 1. The van der Waals surface area contributed by atoms with Gasteiger partial charge in [-0.3, -0.25) is 0 Å². The highest BCUT2D eigenvalue weighted by atomic mass is 14.6. The fourth-order valence-corrected chi connectivity index (χ4v) is 3.22. The van der Waals surface area contributed by atoms with Gasteiger partial charge in [-0.05, 0) is 54.7 Å². The summed E-state index contributed by atoms with van der Waals surface area (Å²) in [5, 5.41) is 0. The maximum absolute atomic E-state index is 5.82. The van der Waals surface area contributed by atoms with Crippen molar-refractivity contribution in [3.05, 3.63) is 29.8 Å². The Bertz CT molecular complexity index is 346. The highest BCUT2D eigenvalue weighted by Crippen LogP contribution is 2.63. The average Bonchev–Trinajstić information content (AvgIpc) is 1.99. The summed E-state index contributed by atoms with van der Waals surface area (Å²) >= 11 is 0. The predicted octanol–water partition coefficient (Wildman–Crippen LogP) is 3.32. The highest BCUT2D eigenvalue weighted by molar-refractivity contribution is 5.43. The van der Waals surface area contributed by atoms with Crippen molar-refractivity contribution < 1.29 is 0 Å². The number of benzene rings is 1. The Morgan fingerprint density at radius 3 is 2.57 bits per heavy atom. The SMILES string of the molecule is Nc1cccc(C2CCC23CCC3)c1. The van der Waals surface area contributed by atoms with Crippen LogP contribution in [0.25, 0.3) is 0 Å². The lowest BCUT2D eigenvalue weighted by Crippen LogP contribution is -2.43. The quantitative estimate of drug-likeness (QED) is 0.671. The van der Waals surface area contributed by atoms with Gasteiger partial charge in [-0.15, -0.1) is 0 Å². The van der Waals surface area contributed by atoms with Crippen molar-refractivity contribution in [3.63, 3.8) is 0 Å². The van der Waals surface area contributed by atoms with E-state index in [9.17, 15) is 0 Å². The summed E-state index contributed by atoms with van der Waals surface area (Å²) in [6.07, 6.45) is 7.17. The number of nitrogens with two attached hydrogens (primary N) is 1. The summed E-state index contributed by atoms with van der Waals surface area (Å²) in [5.74, 6) is 0.819. The minimum atomic E-state index is 0.702. The van der Waals surface area contributed by atoms with Gasteiger partial charge in [-0.2, -0.15) is 0 Å². The van der Waals surface area contributed by atoms with E-state index in [0.717, 1.165) is 11.6 Å². The fourth-order valence-electron chi connectivity index (χ4n) is 3.22. The molecule has 1 heteroatoms. The van der Waals surface area contributed by atoms with Crippen molar-refractivity contribution in [2.75, 3.05) is 5.73 Å². The Morgan fingerprint density at radius 1 is 1.21 bits per heavy atom. The van der Waals surface area contributed by atoms with Crippen LogP contribution in [0.1, 0.15) is 43.6 Å². The summed E-state index contributed by atoms with van der Waals surface area (Å²) in [7, 11) is 0. The van der Waals surface area contributed by atoms with Crippen molar-refractivity contribution in [1.29, 1.82) is 0 Å². The van der Waals surface area contributed by atoms with Gasteiger partial charge in [0.15, 0.2) is 0 Å². The van der Waals surface area contributed by atoms with E-state index in [1.54, 1.807) is 0 Å². The Balaban J connectivity index is 1.89. The Kier molecular flexibility index (Phi) is 1.64. The summed E-state index contributed by atoms with van der Waals surface area (Å²) in [6, 6.07) is 8.50. The molecule has 14 heavy (non-hydrogen) atoms. The number of rotatable bonds is 1. The van der Waals surface area contributed by atoms with Crippen LogP contribution in [0.2, 0.25) is 0 Å². The van der Waals surface area contributed by atoms with Crippen LogP contribution in [0.15, 0.2) is 24.3 Å². The molecule has 0 saturated heterocycles. The van der Waals surface area contributed by atoms with Crippen LogP contribution in [0.5, 0.6) is 0 Å². The molecule has 0 amide bonds. The third kappa shape index (κ3) is 1.01. The molecule has 0 bridgehead atoms. The molecule has 2 aliphatic carbocycles. The number of nitrogen functional groups attached to an aromatic ring is 1. The lowest BCUT2D eigenvalue weighted by Gasteiger charge is -2.56. The molecular formula is C13H17N. The first-order valence-electron chi connectivity index (χ1n) is 5.66. The van der Waals surface area contributed by atoms with Crippen LogP contribution in [0.3, 0.4) is 0 Å². The summed E-state index contributed by atoms with van der Waals surface area (Å²) in [6.45, 7) is 0. The maximum Gasteiger partial charge on any atom is 0.0316 e. The summed E-state index contributed by atoms with van der Waals surface area (Å²) in [5.41, 5.74) is 8.93. The predicted molar refractivity (Wildman–Crippen MR) is 59.1 cm³/mol. The molecule has 0 aromatic heterocycles. The van der Waals surface area contributed by atoms with Gasteiger partial charge < -0.3 is 5.73 Å². The number of hydrogen-bond donors (Lipinski definition) is 1. The van der Waals surface area contributed by atoms with Gasteiger partial charge in [0.25, 0.3) is 0 Å². The molecule has 2 saturated carbocycles. The zero-order valence-corrected chi connectivity index (χ0v) is 8.50. The molecule has 1 unspecified atom stereocenters.